The average Bonchev–Trinajstić information content (AvgIpc) is 0.784. The molecule has 0 radical (unpaired) electrons. The summed E-state index contributed by atoms with van der Waals surface area (Å²) in [7, 11) is -6.47. The predicted octanol–water partition coefficient (Wildman–Crippen LogP) is 4.26. The number of rotatable bonds is 26. The smallest absolute Gasteiger partial charge is 0.0825 e. The van der Waals surface area contributed by atoms with Crippen molar-refractivity contribution in [1.82, 2.24) is 0 Å². The molecule has 16 N–H and O–H groups in total. The zero-order valence-electron chi connectivity index (χ0n) is 55.8. The topological polar surface area (TPSA) is 425 Å². The predicted molar refractivity (Wildman–Crippen MR) is 342 cm³/mol. The molecule has 21 nitrogen and oxygen atoms in total. The fraction of sp³-hybridized carbons (Fsp3) is 1.00. The van der Waals surface area contributed by atoms with Gasteiger partial charge in [-0.1, -0.05) is 154 Å². The van der Waals surface area contributed by atoms with Crippen molar-refractivity contribution in [2.24, 2.45) is 69.0 Å². The van der Waals surface area contributed by atoms with Gasteiger partial charge < -0.3 is 106 Å². The molecule has 0 heterocycles. The first kappa shape index (κ1) is 86.7. The van der Waals surface area contributed by atoms with Crippen LogP contribution in [0.5, 0.6) is 0 Å². The molecule has 550 valence electrons. The quantitative estimate of drug-likeness (QED) is 0.0425. The minimum absolute atomic E-state index is 0. The van der Waals surface area contributed by atoms with Gasteiger partial charge in [-0.05, 0) is 150 Å². The maximum atomic E-state index is 11.7. The molecule has 92 heavy (non-hydrogen) atoms. The van der Waals surface area contributed by atoms with E-state index in [0.717, 1.165) is 205 Å². The molecule has 0 spiro atoms. The van der Waals surface area contributed by atoms with E-state index < -0.39 is 61.3 Å². The molecule has 0 saturated heterocycles. The molecule has 8 aliphatic rings. The molecule has 24 heteroatoms. The van der Waals surface area contributed by atoms with Crippen LogP contribution >= 0.6 is 17.2 Å². The zero-order chi connectivity index (χ0) is 67.3. The fourth-order valence-electron chi connectivity index (χ4n) is 19.3. The Bertz CT molecular complexity index is 1490. The van der Waals surface area contributed by atoms with Crippen molar-refractivity contribution < 1.29 is 122 Å². The van der Waals surface area contributed by atoms with Crippen LogP contribution in [0.2, 0.25) is 0 Å². The maximum Gasteiger partial charge on any atom is 0.0825 e. The second-order valence-corrected chi connectivity index (χ2v) is 31.1. The van der Waals surface area contributed by atoms with Crippen LogP contribution in [0.4, 0.5) is 0 Å². The van der Waals surface area contributed by atoms with E-state index in [2.05, 4.69) is 4.31 Å². The summed E-state index contributed by atoms with van der Waals surface area (Å²) >= 11 is 0. The molecule has 0 aliphatic heterocycles. The average molecular weight is 1400 g/mol. The van der Waals surface area contributed by atoms with Gasteiger partial charge in [0.2, 0.25) is 0 Å². The molecule has 0 bridgehead atoms. The minimum Gasteiger partial charge on any atom is -0.820 e. The molecule has 0 aromatic carbocycles. The summed E-state index contributed by atoms with van der Waals surface area (Å²) in [5.41, 5.74) is -9.32. The third kappa shape index (κ3) is 20.4. The SMILES string of the molecule is OCC(CO)(CO)C(O)(C1CCCCC1)C1CCCCC1.OCC(CO)(CO)C(O)(C1CCCCC1)C1CCCCC1.OCC(CO)(CO)C(O)(C1CCCCC1)C1CCCCC1.OCC(CO)(CO)C(O)(C1CCCCC1)C1CCCCC1.[Ni].[O-]P([O-])OP([O-])[O-]. The molecule has 8 fully saturated rings. The van der Waals surface area contributed by atoms with Gasteiger partial charge in [-0.3, -0.25) is 0 Å². The van der Waals surface area contributed by atoms with Gasteiger partial charge in [-0.25, -0.2) is 0 Å². The monoisotopic (exact) mass is 1400 g/mol. The van der Waals surface area contributed by atoms with Crippen molar-refractivity contribution in [3.63, 3.8) is 0 Å². The molecule has 0 aromatic heterocycles. The third-order valence-electron chi connectivity index (χ3n) is 25.0. The van der Waals surface area contributed by atoms with Crippen molar-refractivity contribution in [2.75, 3.05) is 79.3 Å². The molecule has 8 rings (SSSR count). The molecule has 8 aliphatic carbocycles. The van der Waals surface area contributed by atoms with Crippen molar-refractivity contribution in [2.45, 2.75) is 279 Å². The van der Waals surface area contributed by atoms with Crippen LogP contribution in [0, 0.1) is 69.0 Å². The largest absolute Gasteiger partial charge is 0.820 e. The summed E-state index contributed by atoms with van der Waals surface area (Å²) in [5, 5.41) is 165. The van der Waals surface area contributed by atoms with Crippen LogP contribution in [-0.2, 0) is 20.8 Å². The summed E-state index contributed by atoms with van der Waals surface area (Å²) in [6.45, 7) is -4.29. The Morgan fingerprint density at radius 2 is 0.315 bits per heavy atom. The Kier molecular flexibility index (Phi) is 40.9. The summed E-state index contributed by atoms with van der Waals surface area (Å²) in [4.78, 5) is 37.0. The standard InChI is InChI=1S/4C17H32O4.Ni.O5P2/c4*18-11-16(12-19,13-20)17(21,14-7-3-1-4-8-14)15-9-5-2-6-10-15;;1-6(2)5-7(3)4/h4*14-15,18-21H,1-13H2;;/q;;;;;-4. The Morgan fingerprint density at radius 1 is 0.217 bits per heavy atom. The first-order chi connectivity index (χ1) is 43.7. The molecule has 8 saturated carbocycles. The van der Waals surface area contributed by atoms with E-state index in [4.69, 9.17) is 0 Å². The first-order valence-electron chi connectivity index (χ1n) is 35.9. The second kappa shape index (κ2) is 43.3. The van der Waals surface area contributed by atoms with Crippen LogP contribution in [-0.4, -0.2) is 183 Å². The van der Waals surface area contributed by atoms with Gasteiger partial charge in [0.05, 0.1) is 123 Å². The molecule has 0 atom stereocenters. The van der Waals surface area contributed by atoms with Gasteiger partial charge in [0.15, 0.2) is 0 Å². The van der Waals surface area contributed by atoms with E-state index >= 15 is 0 Å². The zero-order valence-corrected chi connectivity index (χ0v) is 58.6. The van der Waals surface area contributed by atoms with Crippen LogP contribution in [0.1, 0.15) is 257 Å². The number of aliphatic hydroxyl groups excluding tert-OH is 12. The van der Waals surface area contributed by atoms with E-state index in [0.29, 0.717) is 0 Å². The molecule has 0 amide bonds. The van der Waals surface area contributed by atoms with Crippen LogP contribution < -0.4 is 19.6 Å². The van der Waals surface area contributed by atoms with Crippen LogP contribution in [0.25, 0.3) is 0 Å². The van der Waals surface area contributed by atoms with E-state index in [1.54, 1.807) is 0 Å². The van der Waals surface area contributed by atoms with E-state index in [-0.39, 0.29) is 143 Å². The van der Waals surface area contributed by atoms with Crippen molar-refractivity contribution in [3.05, 3.63) is 0 Å². The number of aliphatic hydroxyl groups is 16. The van der Waals surface area contributed by atoms with Gasteiger partial charge in [0.25, 0.3) is 0 Å². The maximum absolute atomic E-state index is 11.7. The normalized spacial score (nSPS) is 22.2. The third-order valence-corrected chi connectivity index (χ3v) is 26.1. The van der Waals surface area contributed by atoms with Gasteiger partial charge >= 0.3 is 0 Å². The second-order valence-electron chi connectivity index (χ2n) is 29.5. The van der Waals surface area contributed by atoms with Crippen molar-refractivity contribution in [1.29, 1.82) is 0 Å². The molecule has 0 unspecified atom stereocenters. The summed E-state index contributed by atoms with van der Waals surface area (Å²) < 4.78 is 3.16. The van der Waals surface area contributed by atoms with E-state index in [1.165, 1.54) is 51.4 Å². The summed E-state index contributed by atoms with van der Waals surface area (Å²) in [5.74, 6) is 0.673. The number of hydrogen-bond acceptors (Lipinski definition) is 21. The van der Waals surface area contributed by atoms with Crippen molar-refractivity contribution in [3.8, 4) is 0 Å². The fourth-order valence-corrected chi connectivity index (χ4v) is 19.7. The van der Waals surface area contributed by atoms with Gasteiger partial charge in [0, 0.05) is 16.5 Å². The first-order valence-corrected chi connectivity index (χ1v) is 38.1. The minimum atomic E-state index is -3.24. The molecular formula is C68H128NiO21P2-4. The van der Waals surface area contributed by atoms with Crippen molar-refractivity contribution >= 4 is 17.2 Å². The Balaban J connectivity index is 0.000000308. The molecular weight excluding hydrogens is 1270 g/mol. The van der Waals surface area contributed by atoms with Gasteiger partial charge in [-0.15, -0.1) is 0 Å². The number of hydrogen-bond donors (Lipinski definition) is 16. The van der Waals surface area contributed by atoms with Gasteiger partial charge in [0.1, 0.15) is 0 Å². The van der Waals surface area contributed by atoms with Crippen LogP contribution in [0.3, 0.4) is 0 Å². The summed E-state index contributed by atoms with van der Waals surface area (Å²) in [6, 6.07) is 0. The Labute approximate surface area is 564 Å². The van der Waals surface area contributed by atoms with E-state index in [9.17, 15) is 101 Å². The van der Waals surface area contributed by atoms with Gasteiger partial charge in [-0.2, -0.15) is 17.2 Å². The summed E-state index contributed by atoms with van der Waals surface area (Å²) in [6.07, 6.45) is 42.1. The Morgan fingerprint density at radius 3 is 0.380 bits per heavy atom. The Hall–Kier alpha value is 0.514. The molecule has 0 aromatic rings. The van der Waals surface area contributed by atoms with Crippen LogP contribution in [0.15, 0.2) is 0 Å². The van der Waals surface area contributed by atoms with E-state index in [1.807, 2.05) is 0 Å².